The third-order valence-corrected chi connectivity index (χ3v) is 2.31. The average molecular weight is 226 g/mol. The van der Waals surface area contributed by atoms with Gasteiger partial charge in [-0.05, 0) is 13.8 Å². The number of fused-ring (bicyclic) bond motifs is 1. The molecular weight excluding hydrogens is 215 g/mol. The van der Waals surface area contributed by atoms with Crippen molar-refractivity contribution >= 4 is 11.4 Å². The minimum absolute atomic E-state index is 0.308. The van der Waals surface area contributed by atoms with Crippen LogP contribution < -0.4 is 10.1 Å². The summed E-state index contributed by atoms with van der Waals surface area (Å²) >= 11 is 0. The second-order valence-corrected chi connectivity index (χ2v) is 4.35. The van der Waals surface area contributed by atoms with Gasteiger partial charge >= 0.3 is 5.69 Å². The summed E-state index contributed by atoms with van der Waals surface area (Å²) in [6.07, 6.45) is 0. The number of anilines is 1. The van der Waals surface area contributed by atoms with Crippen molar-refractivity contribution in [3.05, 3.63) is 28.1 Å². The SMILES string of the molecule is CC1(C)COc2cc(F)c([N+](=O)[O-])cc2N1. The molecule has 1 heterocycles. The monoisotopic (exact) mass is 226 g/mol. The van der Waals surface area contributed by atoms with E-state index >= 15 is 0 Å². The van der Waals surface area contributed by atoms with Crippen LogP contribution >= 0.6 is 0 Å². The summed E-state index contributed by atoms with van der Waals surface area (Å²) in [6.45, 7) is 4.17. The van der Waals surface area contributed by atoms with Gasteiger partial charge in [-0.15, -0.1) is 0 Å². The molecule has 1 aromatic rings. The van der Waals surface area contributed by atoms with Gasteiger partial charge in [0, 0.05) is 12.1 Å². The zero-order valence-electron chi connectivity index (χ0n) is 8.91. The number of nitrogens with zero attached hydrogens (tertiary/aromatic N) is 1. The molecule has 1 aliphatic heterocycles. The molecule has 6 heteroatoms. The van der Waals surface area contributed by atoms with Crippen LogP contribution in [-0.2, 0) is 0 Å². The molecule has 16 heavy (non-hydrogen) atoms. The number of ether oxygens (including phenoxy) is 1. The molecule has 0 unspecified atom stereocenters. The van der Waals surface area contributed by atoms with Crippen LogP contribution in [0.4, 0.5) is 15.8 Å². The molecule has 0 aliphatic carbocycles. The first-order chi connectivity index (χ1) is 7.39. The summed E-state index contributed by atoms with van der Waals surface area (Å²) in [5.74, 6) is -0.576. The zero-order chi connectivity index (χ0) is 11.9. The summed E-state index contributed by atoms with van der Waals surface area (Å²) in [5, 5.41) is 13.6. The fourth-order valence-electron chi connectivity index (χ4n) is 1.56. The van der Waals surface area contributed by atoms with Crippen molar-refractivity contribution in [3.63, 3.8) is 0 Å². The van der Waals surface area contributed by atoms with Crippen LogP contribution in [-0.4, -0.2) is 17.1 Å². The van der Waals surface area contributed by atoms with Gasteiger partial charge in [0.25, 0.3) is 0 Å². The van der Waals surface area contributed by atoms with Gasteiger partial charge in [-0.2, -0.15) is 4.39 Å². The van der Waals surface area contributed by atoms with E-state index in [1.807, 2.05) is 13.8 Å². The highest BCUT2D eigenvalue weighted by Gasteiger charge is 2.29. The molecule has 5 nitrogen and oxygen atoms in total. The highest BCUT2D eigenvalue weighted by atomic mass is 19.1. The van der Waals surface area contributed by atoms with E-state index in [2.05, 4.69) is 5.32 Å². The quantitative estimate of drug-likeness (QED) is 0.589. The van der Waals surface area contributed by atoms with Gasteiger partial charge < -0.3 is 10.1 Å². The molecule has 0 atom stereocenters. The van der Waals surface area contributed by atoms with Crippen molar-refractivity contribution in [1.29, 1.82) is 0 Å². The van der Waals surface area contributed by atoms with E-state index in [0.29, 0.717) is 18.0 Å². The molecule has 0 spiro atoms. The van der Waals surface area contributed by atoms with Crippen LogP contribution in [0.1, 0.15) is 13.8 Å². The van der Waals surface area contributed by atoms with Gasteiger partial charge in [0.2, 0.25) is 5.82 Å². The van der Waals surface area contributed by atoms with Gasteiger partial charge in [0.05, 0.1) is 16.1 Å². The maximum Gasteiger partial charge on any atom is 0.307 e. The van der Waals surface area contributed by atoms with E-state index in [9.17, 15) is 14.5 Å². The topological polar surface area (TPSA) is 64.4 Å². The van der Waals surface area contributed by atoms with Gasteiger partial charge in [-0.25, -0.2) is 0 Å². The van der Waals surface area contributed by atoms with E-state index < -0.39 is 16.4 Å². The predicted octanol–water partition coefficient (Wildman–Crippen LogP) is 2.32. The molecule has 0 saturated heterocycles. The minimum Gasteiger partial charge on any atom is -0.489 e. The third-order valence-electron chi connectivity index (χ3n) is 2.31. The number of hydrogen-bond donors (Lipinski definition) is 1. The normalized spacial score (nSPS) is 16.9. The van der Waals surface area contributed by atoms with Crippen molar-refractivity contribution < 1.29 is 14.1 Å². The molecule has 0 amide bonds. The Morgan fingerprint density at radius 3 is 2.88 bits per heavy atom. The summed E-state index contributed by atoms with van der Waals surface area (Å²) in [6, 6.07) is 2.20. The number of nitro groups is 1. The first kappa shape index (κ1) is 10.7. The Morgan fingerprint density at radius 1 is 1.56 bits per heavy atom. The van der Waals surface area contributed by atoms with Crippen molar-refractivity contribution in [1.82, 2.24) is 0 Å². The lowest BCUT2D eigenvalue weighted by molar-refractivity contribution is -0.387. The van der Waals surface area contributed by atoms with E-state index in [1.54, 1.807) is 0 Å². The maximum absolute atomic E-state index is 13.3. The molecule has 0 aromatic heterocycles. The van der Waals surface area contributed by atoms with Gasteiger partial charge in [0.1, 0.15) is 12.4 Å². The van der Waals surface area contributed by atoms with E-state index in [1.165, 1.54) is 0 Å². The second-order valence-electron chi connectivity index (χ2n) is 4.35. The molecule has 1 aromatic carbocycles. The zero-order valence-corrected chi connectivity index (χ0v) is 8.91. The smallest absolute Gasteiger partial charge is 0.307 e. The highest BCUT2D eigenvalue weighted by Crippen LogP contribution is 2.36. The Kier molecular flexibility index (Phi) is 2.22. The van der Waals surface area contributed by atoms with Crippen LogP contribution in [0.2, 0.25) is 0 Å². The standard InChI is InChI=1S/C10H11FN2O3/c1-10(2)5-16-9-3-6(11)8(13(14)15)4-7(9)12-10/h3-4,12H,5H2,1-2H3. The second kappa shape index (κ2) is 3.33. The average Bonchev–Trinajstić information content (AvgIpc) is 2.16. The van der Waals surface area contributed by atoms with Gasteiger partial charge in [-0.1, -0.05) is 0 Å². The lowest BCUT2D eigenvalue weighted by Crippen LogP contribution is -2.40. The summed E-state index contributed by atoms with van der Waals surface area (Å²) in [7, 11) is 0. The van der Waals surface area contributed by atoms with Gasteiger partial charge in [0.15, 0.2) is 0 Å². The Balaban J connectivity index is 2.48. The first-order valence-corrected chi connectivity index (χ1v) is 4.78. The van der Waals surface area contributed by atoms with Crippen molar-refractivity contribution in [3.8, 4) is 5.75 Å². The van der Waals surface area contributed by atoms with Crippen LogP contribution in [0, 0.1) is 15.9 Å². The molecule has 0 radical (unpaired) electrons. The molecule has 0 saturated carbocycles. The lowest BCUT2D eigenvalue weighted by Gasteiger charge is -2.33. The first-order valence-electron chi connectivity index (χ1n) is 4.78. The Hall–Kier alpha value is -1.85. The van der Waals surface area contributed by atoms with Crippen LogP contribution in [0.25, 0.3) is 0 Å². The molecule has 2 rings (SSSR count). The number of halogens is 1. The molecule has 1 N–H and O–H groups in total. The van der Waals surface area contributed by atoms with Gasteiger partial charge in [-0.3, -0.25) is 10.1 Å². The van der Waals surface area contributed by atoms with Crippen LogP contribution in [0.3, 0.4) is 0 Å². The Morgan fingerprint density at radius 2 is 2.25 bits per heavy atom. The number of hydrogen-bond acceptors (Lipinski definition) is 4. The number of nitro benzene ring substituents is 1. The molecular formula is C10H11FN2O3. The predicted molar refractivity (Wildman–Crippen MR) is 56.3 cm³/mol. The lowest BCUT2D eigenvalue weighted by atomic mass is 10.0. The fourth-order valence-corrected chi connectivity index (χ4v) is 1.56. The molecule has 0 bridgehead atoms. The van der Waals surface area contributed by atoms with Crippen molar-refractivity contribution in [2.45, 2.75) is 19.4 Å². The molecule has 0 fully saturated rings. The van der Waals surface area contributed by atoms with Crippen LogP contribution in [0.15, 0.2) is 12.1 Å². The molecule has 86 valence electrons. The maximum atomic E-state index is 13.3. The third kappa shape index (κ3) is 1.78. The number of benzene rings is 1. The largest absolute Gasteiger partial charge is 0.489 e. The van der Waals surface area contributed by atoms with E-state index in [4.69, 9.17) is 4.74 Å². The van der Waals surface area contributed by atoms with E-state index in [0.717, 1.165) is 12.1 Å². The summed E-state index contributed by atoms with van der Waals surface area (Å²) in [4.78, 5) is 9.81. The fraction of sp³-hybridized carbons (Fsp3) is 0.400. The Labute approximate surface area is 91.4 Å². The number of rotatable bonds is 1. The summed E-state index contributed by atoms with van der Waals surface area (Å²) < 4.78 is 18.6. The van der Waals surface area contributed by atoms with Crippen molar-refractivity contribution in [2.24, 2.45) is 0 Å². The van der Waals surface area contributed by atoms with E-state index in [-0.39, 0.29) is 5.54 Å². The molecule has 1 aliphatic rings. The minimum atomic E-state index is -0.884. The number of nitrogens with one attached hydrogen (secondary N) is 1. The Bertz CT molecular complexity index is 460. The summed E-state index contributed by atoms with van der Waals surface area (Å²) in [5.41, 5.74) is -0.421. The highest BCUT2D eigenvalue weighted by molar-refractivity contribution is 5.64. The van der Waals surface area contributed by atoms with Crippen LogP contribution in [0.5, 0.6) is 5.75 Å². The van der Waals surface area contributed by atoms with Crippen molar-refractivity contribution in [2.75, 3.05) is 11.9 Å².